The molecule has 5 rings (SSSR count). The first-order chi connectivity index (χ1) is 22.0. The van der Waals surface area contributed by atoms with Crippen molar-refractivity contribution >= 4 is 23.6 Å². The summed E-state index contributed by atoms with van der Waals surface area (Å²) in [6.45, 7) is 20.6. The molecular formula is C40H64N2O5. The minimum absolute atomic E-state index is 0.00495. The fourth-order valence-corrected chi connectivity index (χ4v) is 12.2. The van der Waals surface area contributed by atoms with Crippen LogP contribution in [-0.4, -0.2) is 42.8 Å². The van der Waals surface area contributed by atoms with Gasteiger partial charge in [0.2, 0.25) is 11.8 Å². The first-order valence-electron chi connectivity index (χ1n) is 19.0. The summed E-state index contributed by atoms with van der Waals surface area (Å²) >= 11 is 0. The lowest BCUT2D eigenvalue weighted by atomic mass is 9.33. The van der Waals surface area contributed by atoms with E-state index in [0.29, 0.717) is 43.7 Å². The summed E-state index contributed by atoms with van der Waals surface area (Å²) in [5.74, 6) is 1.03. The maximum Gasteiger partial charge on any atom is 0.302 e. The molecule has 4 saturated carbocycles. The lowest BCUT2D eigenvalue weighted by Crippen LogP contribution is -2.69. The van der Waals surface area contributed by atoms with Crippen LogP contribution < -0.4 is 10.6 Å². The molecule has 0 aromatic rings. The number of carbonyl (C=O) groups is 4. The monoisotopic (exact) mass is 652 g/mol. The summed E-state index contributed by atoms with van der Waals surface area (Å²) in [4.78, 5) is 53.7. The van der Waals surface area contributed by atoms with Crippen LogP contribution in [0, 0.1) is 56.7 Å². The number of amides is 2. The summed E-state index contributed by atoms with van der Waals surface area (Å²) < 4.78 is 5.94. The molecule has 7 nitrogen and oxygen atoms in total. The van der Waals surface area contributed by atoms with Gasteiger partial charge in [0.25, 0.3) is 0 Å². The zero-order valence-electron chi connectivity index (χ0n) is 31.0. The lowest BCUT2D eigenvalue weighted by molar-refractivity contribution is -0.214. The molecule has 0 aliphatic heterocycles. The Balaban J connectivity index is 1.45. The molecule has 5 aliphatic carbocycles. The molecule has 0 radical (unpaired) electrons. The number of ketones is 1. The lowest BCUT2D eigenvalue weighted by Gasteiger charge is -2.70. The molecule has 11 atom stereocenters. The highest BCUT2D eigenvalue weighted by Crippen LogP contribution is 2.75. The van der Waals surface area contributed by atoms with Crippen molar-refractivity contribution in [3.63, 3.8) is 0 Å². The largest absolute Gasteiger partial charge is 0.461 e. The van der Waals surface area contributed by atoms with Gasteiger partial charge in [-0.15, -0.1) is 0 Å². The highest BCUT2D eigenvalue weighted by molar-refractivity contribution is 5.96. The number of fused-ring (bicyclic) bond motifs is 7. The molecule has 0 heterocycles. The fraction of sp³-hybridized carbons (Fsp3) is 0.850. The second kappa shape index (κ2) is 12.9. The predicted octanol–water partition coefficient (Wildman–Crippen LogP) is 7.57. The summed E-state index contributed by atoms with van der Waals surface area (Å²) in [7, 11) is 0. The molecule has 47 heavy (non-hydrogen) atoms. The molecule has 0 aromatic carbocycles. The molecular weight excluding hydrogens is 588 g/mol. The van der Waals surface area contributed by atoms with Gasteiger partial charge in [-0.1, -0.05) is 66.9 Å². The van der Waals surface area contributed by atoms with E-state index in [1.165, 1.54) is 31.8 Å². The number of esters is 1. The zero-order chi connectivity index (χ0) is 34.6. The SMILES string of the molecule is CCCCCC(=O)NCCNC(=O)[C@]1(C)[C@@H]2CC[C@]3(C)[C@H](C(=O)C=C4[C@@H]5[C@@H](C)[C@H](C)CC[C@]5(C)CC[C@]43C)[C@@]2(C)CC[C@H]1OC(C)=O. The molecule has 2 N–H and O–H groups in total. The van der Waals surface area contributed by atoms with Gasteiger partial charge in [0, 0.05) is 32.4 Å². The molecule has 7 heteroatoms. The molecule has 264 valence electrons. The van der Waals surface area contributed by atoms with Gasteiger partial charge < -0.3 is 15.4 Å². The van der Waals surface area contributed by atoms with Crippen molar-refractivity contribution in [1.82, 2.24) is 10.6 Å². The Morgan fingerprint density at radius 2 is 1.60 bits per heavy atom. The Morgan fingerprint density at radius 1 is 0.894 bits per heavy atom. The Labute approximate surface area is 284 Å². The van der Waals surface area contributed by atoms with E-state index in [-0.39, 0.29) is 51.6 Å². The Hall–Kier alpha value is -2.18. The van der Waals surface area contributed by atoms with Crippen molar-refractivity contribution in [3.8, 4) is 0 Å². The van der Waals surface area contributed by atoms with Crippen LogP contribution in [0.4, 0.5) is 0 Å². The first kappa shape index (κ1) is 36.1. The van der Waals surface area contributed by atoms with Crippen LogP contribution in [-0.2, 0) is 23.9 Å². The minimum atomic E-state index is -0.991. The number of nitrogens with one attached hydrogen (secondary N) is 2. The number of allylic oxidation sites excluding steroid dienone is 2. The van der Waals surface area contributed by atoms with Crippen LogP contribution >= 0.6 is 0 Å². The molecule has 0 spiro atoms. The highest BCUT2D eigenvalue weighted by Gasteiger charge is 2.72. The zero-order valence-corrected chi connectivity index (χ0v) is 31.0. The van der Waals surface area contributed by atoms with E-state index < -0.39 is 16.9 Å². The number of carbonyl (C=O) groups excluding carboxylic acids is 4. The maximum absolute atomic E-state index is 14.8. The van der Waals surface area contributed by atoms with Gasteiger partial charge in [0.15, 0.2) is 5.78 Å². The van der Waals surface area contributed by atoms with Gasteiger partial charge in [-0.2, -0.15) is 0 Å². The number of unbranched alkanes of at least 4 members (excludes halogenated alkanes) is 2. The van der Waals surface area contributed by atoms with E-state index in [4.69, 9.17) is 4.74 Å². The molecule has 2 amide bonds. The van der Waals surface area contributed by atoms with Crippen molar-refractivity contribution < 1.29 is 23.9 Å². The Kier molecular flexibility index (Phi) is 9.94. The van der Waals surface area contributed by atoms with E-state index in [9.17, 15) is 19.2 Å². The van der Waals surface area contributed by atoms with Crippen molar-refractivity contribution in [2.75, 3.05) is 13.1 Å². The van der Waals surface area contributed by atoms with Gasteiger partial charge in [0.05, 0.1) is 5.41 Å². The van der Waals surface area contributed by atoms with Crippen LogP contribution in [0.1, 0.15) is 139 Å². The molecule has 0 bridgehead atoms. The minimum Gasteiger partial charge on any atom is -0.461 e. The van der Waals surface area contributed by atoms with Gasteiger partial charge in [-0.25, -0.2) is 0 Å². The molecule has 0 saturated heterocycles. The number of hydrogen-bond acceptors (Lipinski definition) is 5. The quantitative estimate of drug-likeness (QED) is 0.198. The third-order valence-corrected chi connectivity index (χ3v) is 15.3. The molecule has 0 unspecified atom stereocenters. The second-order valence-corrected chi connectivity index (χ2v) is 17.8. The van der Waals surface area contributed by atoms with Crippen LogP contribution in [0.3, 0.4) is 0 Å². The molecule has 4 fully saturated rings. The average molecular weight is 653 g/mol. The smallest absolute Gasteiger partial charge is 0.302 e. The van der Waals surface area contributed by atoms with Gasteiger partial charge in [-0.3, -0.25) is 19.2 Å². The van der Waals surface area contributed by atoms with E-state index in [0.717, 1.165) is 44.9 Å². The summed E-state index contributed by atoms with van der Waals surface area (Å²) in [5.41, 5.74) is -0.0333. The number of ether oxygens (including phenoxy) is 1. The number of hydrogen-bond donors (Lipinski definition) is 2. The van der Waals surface area contributed by atoms with Gasteiger partial charge in [0.1, 0.15) is 6.10 Å². The third-order valence-electron chi connectivity index (χ3n) is 15.3. The second-order valence-electron chi connectivity index (χ2n) is 17.8. The van der Waals surface area contributed by atoms with E-state index >= 15 is 0 Å². The van der Waals surface area contributed by atoms with Crippen molar-refractivity contribution in [1.29, 1.82) is 0 Å². The van der Waals surface area contributed by atoms with Gasteiger partial charge in [-0.05, 0) is 116 Å². The van der Waals surface area contributed by atoms with Crippen molar-refractivity contribution in [2.45, 2.75) is 145 Å². The van der Waals surface area contributed by atoms with E-state index in [1.54, 1.807) is 0 Å². The maximum atomic E-state index is 14.8. The fourth-order valence-electron chi connectivity index (χ4n) is 12.2. The molecule has 5 aliphatic rings. The summed E-state index contributed by atoms with van der Waals surface area (Å²) in [6.07, 6.45) is 12.8. The summed E-state index contributed by atoms with van der Waals surface area (Å²) in [6, 6.07) is 0. The normalized spacial score (nSPS) is 44.1. The third kappa shape index (κ3) is 5.71. The van der Waals surface area contributed by atoms with Crippen LogP contribution in [0.2, 0.25) is 0 Å². The average Bonchev–Trinajstić information content (AvgIpc) is 3.00. The van der Waals surface area contributed by atoms with Crippen LogP contribution in [0.25, 0.3) is 0 Å². The van der Waals surface area contributed by atoms with Gasteiger partial charge >= 0.3 is 5.97 Å². The van der Waals surface area contributed by atoms with E-state index in [2.05, 4.69) is 65.2 Å². The number of rotatable bonds is 9. The highest BCUT2D eigenvalue weighted by atomic mass is 16.5. The van der Waals surface area contributed by atoms with Crippen molar-refractivity contribution in [3.05, 3.63) is 11.6 Å². The Bertz CT molecular complexity index is 1290. The van der Waals surface area contributed by atoms with E-state index in [1.807, 2.05) is 6.92 Å². The molecule has 0 aromatic heterocycles. The Morgan fingerprint density at radius 3 is 2.28 bits per heavy atom. The van der Waals surface area contributed by atoms with Crippen LogP contribution in [0.15, 0.2) is 11.6 Å². The van der Waals surface area contributed by atoms with Crippen molar-refractivity contribution in [2.24, 2.45) is 56.7 Å². The summed E-state index contributed by atoms with van der Waals surface area (Å²) in [5, 5.41) is 6.05. The van der Waals surface area contributed by atoms with Crippen LogP contribution in [0.5, 0.6) is 0 Å². The topological polar surface area (TPSA) is 102 Å². The predicted molar refractivity (Wildman–Crippen MR) is 185 cm³/mol. The first-order valence-corrected chi connectivity index (χ1v) is 19.0. The standard InChI is InChI=1S/C40H64N2O5/c1-10-11-12-13-32(45)41-22-23-42-35(46)40(9)30-15-19-39(8)34(37(30,6)18-16-31(40)47-27(4)43)29(44)24-28-33-26(3)25(2)14-17-36(33,5)20-21-38(28,39)7/h24-26,30-31,33-34H,10-23H2,1-9H3,(H,41,45)(H,42,46)/t25-,26+,30-,31-,33+,34-,36-,37+,38-,39-,40-/m1/s1.